The first-order valence-electron chi connectivity index (χ1n) is 9.78. The highest BCUT2D eigenvalue weighted by atomic mass is 16.5. The van der Waals surface area contributed by atoms with E-state index < -0.39 is 5.60 Å². The summed E-state index contributed by atoms with van der Waals surface area (Å²) < 4.78 is 6.93. The Morgan fingerprint density at radius 2 is 1.19 bits per heavy atom. The molecule has 0 aliphatic heterocycles. The molecule has 0 aliphatic rings. The quantitative estimate of drug-likeness (QED) is 0.305. The van der Waals surface area contributed by atoms with Gasteiger partial charge in [0.05, 0.1) is 6.10 Å². The Labute approximate surface area is 163 Å². The predicted molar refractivity (Wildman–Crippen MR) is 114 cm³/mol. The molecule has 0 spiro atoms. The van der Waals surface area contributed by atoms with Crippen molar-refractivity contribution < 1.29 is 4.74 Å². The van der Waals surface area contributed by atoms with Crippen molar-refractivity contribution in [2.45, 2.75) is 37.9 Å². The van der Waals surface area contributed by atoms with Gasteiger partial charge in [0.2, 0.25) is 0 Å². The van der Waals surface area contributed by atoms with Crippen molar-refractivity contribution in [3.63, 3.8) is 0 Å². The van der Waals surface area contributed by atoms with Gasteiger partial charge in [-0.1, -0.05) is 117 Å². The van der Waals surface area contributed by atoms with Gasteiger partial charge in [-0.25, -0.2) is 0 Å². The molecule has 27 heavy (non-hydrogen) atoms. The number of benzene rings is 3. The summed E-state index contributed by atoms with van der Waals surface area (Å²) in [4.78, 5) is 0. The Kier molecular flexibility index (Phi) is 6.62. The summed E-state index contributed by atoms with van der Waals surface area (Å²) in [7, 11) is 0. The zero-order chi connectivity index (χ0) is 19.0. The van der Waals surface area contributed by atoms with Gasteiger partial charge in [0.15, 0.2) is 0 Å². The Balaban J connectivity index is 2.21. The Bertz CT molecular complexity index is 712. The number of hydrogen-bond donors (Lipinski definition) is 0. The molecule has 0 amide bonds. The van der Waals surface area contributed by atoms with E-state index in [1.54, 1.807) is 0 Å². The van der Waals surface area contributed by atoms with Crippen LogP contribution in [0.1, 0.15) is 42.9 Å². The Hall–Kier alpha value is -2.64. The average Bonchev–Trinajstić information content (AvgIpc) is 2.76. The van der Waals surface area contributed by atoms with Crippen LogP contribution in [0.25, 0.3) is 0 Å². The summed E-state index contributed by atoms with van der Waals surface area (Å²) in [6.45, 7) is 6.26. The minimum Gasteiger partial charge on any atom is -0.354 e. The molecule has 0 saturated heterocycles. The molecule has 3 rings (SSSR count). The van der Waals surface area contributed by atoms with E-state index in [0.29, 0.717) is 0 Å². The van der Waals surface area contributed by atoms with Crippen LogP contribution in [0.2, 0.25) is 0 Å². The second kappa shape index (κ2) is 9.34. The highest BCUT2D eigenvalue weighted by molar-refractivity contribution is 5.47. The molecular formula is C26H28O. The first-order chi connectivity index (χ1) is 13.3. The standard InChI is InChI=1S/C26H28O/c1-3-5-21-25(4-2)27-26(22-15-9-6-10-16-22,23-17-11-7-12-18-23)24-19-13-8-14-20-24/h4,6-20,25H,2-3,5,21H2,1H3. The zero-order valence-electron chi connectivity index (χ0n) is 16.1. The molecule has 0 heterocycles. The molecule has 1 atom stereocenters. The van der Waals surface area contributed by atoms with Gasteiger partial charge >= 0.3 is 0 Å². The first-order valence-corrected chi connectivity index (χ1v) is 9.78. The first kappa shape index (κ1) is 19.1. The largest absolute Gasteiger partial charge is 0.354 e. The lowest BCUT2D eigenvalue weighted by molar-refractivity contribution is -0.0283. The van der Waals surface area contributed by atoms with Gasteiger partial charge in [-0.05, 0) is 23.1 Å². The lowest BCUT2D eigenvalue weighted by atomic mass is 9.79. The lowest BCUT2D eigenvalue weighted by Crippen LogP contribution is -2.36. The number of rotatable bonds is 9. The maximum Gasteiger partial charge on any atom is 0.144 e. The Morgan fingerprint density at radius 1 is 0.778 bits per heavy atom. The van der Waals surface area contributed by atoms with E-state index in [9.17, 15) is 0 Å². The van der Waals surface area contributed by atoms with Crippen molar-refractivity contribution in [1.29, 1.82) is 0 Å². The minimum absolute atomic E-state index is 0.0226. The van der Waals surface area contributed by atoms with Crippen LogP contribution in [0.4, 0.5) is 0 Å². The normalized spacial score (nSPS) is 12.5. The topological polar surface area (TPSA) is 9.23 Å². The zero-order valence-corrected chi connectivity index (χ0v) is 16.1. The monoisotopic (exact) mass is 356 g/mol. The molecule has 1 unspecified atom stereocenters. The summed E-state index contributed by atoms with van der Waals surface area (Å²) in [5.41, 5.74) is 2.72. The van der Waals surface area contributed by atoms with Gasteiger partial charge in [0.1, 0.15) is 5.60 Å². The summed E-state index contributed by atoms with van der Waals surface area (Å²) in [5, 5.41) is 0. The van der Waals surface area contributed by atoms with Gasteiger partial charge in [-0.2, -0.15) is 0 Å². The summed E-state index contributed by atoms with van der Waals surface area (Å²) in [5.74, 6) is 0. The lowest BCUT2D eigenvalue weighted by Gasteiger charge is -2.38. The molecule has 0 N–H and O–H groups in total. The molecule has 0 fully saturated rings. The van der Waals surface area contributed by atoms with Crippen LogP contribution >= 0.6 is 0 Å². The van der Waals surface area contributed by atoms with E-state index in [1.807, 2.05) is 24.3 Å². The number of hydrogen-bond acceptors (Lipinski definition) is 1. The van der Waals surface area contributed by atoms with E-state index in [2.05, 4.69) is 86.3 Å². The second-order valence-electron chi connectivity index (χ2n) is 6.81. The highest BCUT2D eigenvalue weighted by Crippen LogP contribution is 2.41. The predicted octanol–water partition coefficient (Wildman–Crippen LogP) is 6.74. The van der Waals surface area contributed by atoms with Gasteiger partial charge in [0, 0.05) is 0 Å². The fraction of sp³-hybridized carbons (Fsp3) is 0.231. The third-order valence-corrected chi connectivity index (χ3v) is 4.97. The molecule has 0 bridgehead atoms. The van der Waals surface area contributed by atoms with Crippen molar-refractivity contribution >= 4 is 0 Å². The Morgan fingerprint density at radius 3 is 1.52 bits per heavy atom. The van der Waals surface area contributed by atoms with Crippen molar-refractivity contribution in [2.75, 3.05) is 0 Å². The van der Waals surface area contributed by atoms with Gasteiger partial charge in [-0.3, -0.25) is 0 Å². The molecule has 0 radical (unpaired) electrons. The van der Waals surface area contributed by atoms with E-state index in [4.69, 9.17) is 4.74 Å². The average molecular weight is 357 g/mol. The maximum atomic E-state index is 6.93. The van der Waals surface area contributed by atoms with Gasteiger partial charge in [-0.15, -0.1) is 6.58 Å². The van der Waals surface area contributed by atoms with Crippen LogP contribution in [-0.4, -0.2) is 6.10 Å². The molecule has 138 valence electrons. The van der Waals surface area contributed by atoms with E-state index in [1.165, 1.54) is 0 Å². The molecule has 0 saturated carbocycles. The fourth-order valence-corrected chi connectivity index (χ4v) is 3.58. The van der Waals surface area contributed by atoms with Gasteiger partial charge in [0.25, 0.3) is 0 Å². The van der Waals surface area contributed by atoms with Crippen molar-refractivity contribution in [2.24, 2.45) is 0 Å². The smallest absolute Gasteiger partial charge is 0.144 e. The van der Waals surface area contributed by atoms with E-state index in [0.717, 1.165) is 36.0 Å². The van der Waals surface area contributed by atoms with E-state index in [-0.39, 0.29) is 6.10 Å². The third-order valence-electron chi connectivity index (χ3n) is 4.97. The van der Waals surface area contributed by atoms with Crippen LogP contribution in [0.15, 0.2) is 104 Å². The summed E-state index contributed by atoms with van der Waals surface area (Å²) in [6.07, 6.45) is 5.15. The number of ether oxygens (including phenoxy) is 1. The molecule has 1 heteroatoms. The van der Waals surface area contributed by atoms with Gasteiger partial charge < -0.3 is 4.74 Å². The molecule has 0 aliphatic carbocycles. The number of unbranched alkanes of at least 4 members (excludes halogenated alkanes) is 1. The highest BCUT2D eigenvalue weighted by Gasteiger charge is 2.39. The molecule has 3 aromatic carbocycles. The maximum absolute atomic E-state index is 6.93. The van der Waals surface area contributed by atoms with Crippen LogP contribution in [0.3, 0.4) is 0 Å². The summed E-state index contributed by atoms with van der Waals surface area (Å²) >= 11 is 0. The summed E-state index contributed by atoms with van der Waals surface area (Å²) in [6, 6.07) is 31.5. The van der Waals surface area contributed by atoms with E-state index >= 15 is 0 Å². The van der Waals surface area contributed by atoms with Crippen LogP contribution in [0.5, 0.6) is 0 Å². The van der Waals surface area contributed by atoms with Crippen LogP contribution < -0.4 is 0 Å². The van der Waals surface area contributed by atoms with Crippen molar-refractivity contribution in [1.82, 2.24) is 0 Å². The molecule has 1 nitrogen and oxygen atoms in total. The molecular weight excluding hydrogens is 328 g/mol. The molecule has 0 aromatic heterocycles. The fourth-order valence-electron chi connectivity index (χ4n) is 3.58. The second-order valence-corrected chi connectivity index (χ2v) is 6.81. The van der Waals surface area contributed by atoms with Crippen molar-refractivity contribution in [3.8, 4) is 0 Å². The van der Waals surface area contributed by atoms with Crippen LogP contribution in [0, 0.1) is 0 Å². The van der Waals surface area contributed by atoms with Crippen molar-refractivity contribution in [3.05, 3.63) is 120 Å². The van der Waals surface area contributed by atoms with Crippen LogP contribution in [-0.2, 0) is 10.3 Å². The minimum atomic E-state index is -0.670. The third kappa shape index (κ3) is 4.20. The molecule has 3 aromatic rings. The SMILES string of the molecule is C=CC(CCCC)OC(c1ccccc1)(c1ccccc1)c1ccccc1.